The van der Waals surface area contributed by atoms with Crippen LogP contribution in [0, 0.1) is 5.92 Å². The van der Waals surface area contributed by atoms with Crippen molar-refractivity contribution in [1.82, 2.24) is 10.2 Å². The molecule has 0 saturated carbocycles. The van der Waals surface area contributed by atoms with Gasteiger partial charge in [0, 0.05) is 23.7 Å². The number of hydrogen-bond acceptors (Lipinski definition) is 3. The summed E-state index contributed by atoms with van der Waals surface area (Å²) in [5.74, 6) is -0.0507. The molecule has 1 aliphatic rings. The molecular formula is C27H27ClN2O3. The highest BCUT2D eigenvalue weighted by Crippen LogP contribution is 2.27. The van der Waals surface area contributed by atoms with Crippen molar-refractivity contribution in [3.63, 3.8) is 0 Å². The van der Waals surface area contributed by atoms with Crippen LogP contribution in [0.5, 0.6) is 0 Å². The van der Waals surface area contributed by atoms with Gasteiger partial charge >= 0.3 is 0 Å². The van der Waals surface area contributed by atoms with Gasteiger partial charge in [-0.15, -0.1) is 0 Å². The number of aliphatic hydroxyl groups excluding tert-OH is 1. The highest BCUT2D eigenvalue weighted by Gasteiger charge is 2.38. The zero-order valence-electron chi connectivity index (χ0n) is 18.5. The standard InChI is InChI=1S/C27H27ClN2O3/c1-18-12-25(26(32)29-15-19-8-10-24(28)11-9-19)30(16-18)27(33)23-7-3-6-22(14-23)21-5-2-4-20(13-21)17-31/h2-11,13-14,18,25,31H,12,15-17H2,1H3,(H,29,32)/t18-,25+/m1/s1. The van der Waals surface area contributed by atoms with Crippen molar-refractivity contribution >= 4 is 23.4 Å². The number of amides is 2. The van der Waals surface area contributed by atoms with Crippen molar-refractivity contribution in [2.24, 2.45) is 5.92 Å². The molecule has 1 saturated heterocycles. The minimum absolute atomic E-state index is 0.0368. The monoisotopic (exact) mass is 462 g/mol. The summed E-state index contributed by atoms with van der Waals surface area (Å²) >= 11 is 5.93. The van der Waals surface area contributed by atoms with E-state index in [2.05, 4.69) is 12.2 Å². The average Bonchev–Trinajstić information content (AvgIpc) is 3.25. The summed E-state index contributed by atoms with van der Waals surface area (Å²) < 4.78 is 0. The number of hydrogen-bond donors (Lipinski definition) is 2. The molecule has 2 atom stereocenters. The zero-order chi connectivity index (χ0) is 23.4. The van der Waals surface area contributed by atoms with Gasteiger partial charge in [-0.2, -0.15) is 0 Å². The molecule has 0 radical (unpaired) electrons. The van der Waals surface area contributed by atoms with Crippen molar-refractivity contribution in [2.45, 2.75) is 32.5 Å². The second kappa shape index (κ2) is 10.2. The lowest BCUT2D eigenvalue weighted by atomic mass is 10.0. The van der Waals surface area contributed by atoms with E-state index in [4.69, 9.17) is 11.6 Å². The number of aliphatic hydroxyl groups is 1. The summed E-state index contributed by atoms with van der Waals surface area (Å²) in [7, 11) is 0. The van der Waals surface area contributed by atoms with Gasteiger partial charge in [0.05, 0.1) is 6.61 Å². The third-order valence-electron chi connectivity index (χ3n) is 6.01. The van der Waals surface area contributed by atoms with E-state index in [9.17, 15) is 14.7 Å². The van der Waals surface area contributed by atoms with E-state index >= 15 is 0 Å². The van der Waals surface area contributed by atoms with Crippen LogP contribution in [-0.2, 0) is 17.9 Å². The maximum absolute atomic E-state index is 13.4. The van der Waals surface area contributed by atoms with Gasteiger partial charge in [0.1, 0.15) is 6.04 Å². The molecule has 1 heterocycles. The Hall–Kier alpha value is -3.15. The zero-order valence-corrected chi connectivity index (χ0v) is 19.3. The number of rotatable bonds is 6. The van der Waals surface area contributed by atoms with E-state index in [-0.39, 0.29) is 24.3 Å². The van der Waals surface area contributed by atoms with Crippen LogP contribution in [0.3, 0.4) is 0 Å². The quantitative estimate of drug-likeness (QED) is 0.559. The van der Waals surface area contributed by atoms with Crippen molar-refractivity contribution in [3.8, 4) is 11.1 Å². The van der Waals surface area contributed by atoms with Gasteiger partial charge in [-0.25, -0.2) is 0 Å². The maximum Gasteiger partial charge on any atom is 0.254 e. The van der Waals surface area contributed by atoms with Crippen LogP contribution in [-0.4, -0.2) is 34.4 Å². The fourth-order valence-corrected chi connectivity index (χ4v) is 4.40. The van der Waals surface area contributed by atoms with Gasteiger partial charge in [-0.3, -0.25) is 9.59 Å². The SMILES string of the molecule is C[C@@H]1C[C@@H](C(=O)NCc2ccc(Cl)cc2)N(C(=O)c2cccc(-c3cccc(CO)c3)c2)C1. The summed E-state index contributed by atoms with van der Waals surface area (Å²) in [6.45, 7) is 2.95. The van der Waals surface area contributed by atoms with Crippen LogP contribution in [0.4, 0.5) is 0 Å². The van der Waals surface area contributed by atoms with Crippen LogP contribution in [0.25, 0.3) is 11.1 Å². The molecule has 0 aromatic heterocycles. The second-order valence-electron chi connectivity index (χ2n) is 8.60. The average molecular weight is 463 g/mol. The molecule has 3 aromatic rings. The largest absolute Gasteiger partial charge is 0.392 e. The second-order valence-corrected chi connectivity index (χ2v) is 9.03. The van der Waals surface area contributed by atoms with Crippen molar-refractivity contribution < 1.29 is 14.7 Å². The van der Waals surface area contributed by atoms with Crippen LogP contribution < -0.4 is 5.32 Å². The topological polar surface area (TPSA) is 69.6 Å². The molecule has 0 aliphatic carbocycles. The van der Waals surface area contributed by atoms with Crippen LogP contribution in [0.1, 0.15) is 34.8 Å². The first-order chi connectivity index (χ1) is 15.9. The highest BCUT2D eigenvalue weighted by atomic mass is 35.5. The minimum Gasteiger partial charge on any atom is -0.392 e. The van der Waals surface area contributed by atoms with Gasteiger partial charge in [0.15, 0.2) is 0 Å². The summed E-state index contributed by atoms with van der Waals surface area (Å²) in [6, 6.07) is 21.9. The summed E-state index contributed by atoms with van der Waals surface area (Å²) in [5.41, 5.74) is 4.14. The molecule has 170 valence electrons. The van der Waals surface area contributed by atoms with Crippen molar-refractivity contribution in [3.05, 3.63) is 94.5 Å². The van der Waals surface area contributed by atoms with Crippen molar-refractivity contribution in [2.75, 3.05) is 6.54 Å². The molecular weight excluding hydrogens is 436 g/mol. The first-order valence-electron chi connectivity index (χ1n) is 11.1. The highest BCUT2D eigenvalue weighted by molar-refractivity contribution is 6.30. The molecule has 33 heavy (non-hydrogen) atoms. The third-order valence-corrected chi connectivity index (χ3v) is 6.26. The number of nitrogens with one attached hydrogen (secondary N) is 1. The minimum atomic E-state index is -0.499. The first-order valence-corrected chi connectivity index (χ1v) is 11.5. The van der Waals surface area contributed by atoms with Gasteiger partial charge in [-0.05, 0) is 64.9 Å². The molecule has 2 N–H and O–H groups in total. The van der Waals surface area contributed by atoms with Crippen LogP contribution >= 0.6 is 11.6 Å². The predicted octanol–water partition coefficient (Wildman–Crippen LogP) is 4.67. The number of halogens is 1. The molecule has 1 aliphatic heterocycles. The van der Waals surface area contributed by atoms with E-state index in [1.54, 1.807) is 23.1 Å². The molecule has 6 heteroatoms. The number of likely N-dealkylation sites (tertiary alicyclic amines) is 1. The number of nitrogens with zero attached hydrogens (tertiary/aromatic N) is 1. The van der Waals surface area contributed by atoms with Gasteiger partial charge in [0.25, 0.3) is 5.91 Å². The van der Waals surface area contributed by atoms with Crippen molar-refractivity contribution in [1.29, 1.82) is 0 Å². The Bertz CT molecular complexity index is 1150. The van der Waals surface area contributed by atoms with E-state index in [1.165, 1.54) is 0 Å². The molecule has 0 bridgehead atoms. The first kappa shape index (κ1) is 23.0. The van der Waals surface area contributed by atoms with Gasteiger partial charge < -0.3 is 15.3 Å². The molecule has 0 unspecified atom stereocenters. The Kier molecular flexibility index (Phi) is 7.11. The predicted molar refractivity (Wildman–Crippen MR) is 130 cm³/mol. The van der Waals surface area contributed by atoms with E-state index in [0.717, 1.165) is 22.3 Å². The van der Waals surface area contributed by atoms with E-state index < -0.39 is 6.04 Å². The molecule has 5 nitrogen and oxygen atoms in total. The molecule has 0 spiro atoms. The third kappa shape index (κ3) is 5.44. The van der Waals surface area contributed by atoms with E-state index in [0.29, 0.717) is 30.1 Å². The summed E-state index contributed by atoms with van der Waals surface area (Å²) in [4.78, 5) is 28.1. The Morgan fingerprint density at radius 1 is 1.00 bits per heavy atom. The number of benzene rings is 3. The fraction of sp³-hybridized carbons (Fsp3) is 0.259. The summed E-state index contributed by atoms with van der Waals surface area (Å²) in [6.07, 6.45) is 0.635. The maximum atomic E-state index is 13.4. The lowest BCUT2D eigenvalue weighted by molar-refractivity contribution is -0.125. The Balaban J connectivity index is 1.50. The number of carbonyl (C=O) groups excluding carboxylic acids is 2. The Labute approximate surface area is 199 Å². The molecule has 3 aromatic carbocycles. The van der Waals surface area contributed by atoms with Crippen LogP contribution in [0.2, 0.25) is 5.02 Å². The number of carbonyl (C=O) groups is 2. The molecule has 1 fully saturated rings. The summed E-state index contributed by atoms with van der Waals surface area (Å²) in [5, 5.41) is 13.0. The smallest absolute Gasteiger partial charge is 0.254 e. The Morgan fingerprint density at radius 3 is 2.42 bits per heavy atom. The van der Waals surface area contributed by atoms with E-state index in [1.807, 2.05) is 54.6 Å². The van der Waals surface area contributed by atoms with Crippen LogP contribution in [0.15, 0.2) is 72.8 Å². The Morgan fingerprint density at radius 2 is 1.70 bits per heavy atom. The van der Waals surface area contributed by atoms with Gasteiger partial charge in [0.2, 0.25) is 5.91 Å². The lowest BCUT2D eigenvalue weighted by Gasteiger charge is -2.24. The normalized spacial score (nSPS) is 17.7. The van der Waals surface area contributed by atoms with Gasteiger partial charge in [-0.1, -0.05) is 61.0 Å². The lowest BCUT2D eigenvalue weighted by Crippen LogP contribution is -2.45. The fourth-order valence-electron chi connectivity index (χ4n) is 4.28. The molecule has 4 rings (SSSR count). The molecule has 2 amide bonds.